The topological polar surface area (TPSA) is 55.1 Å². The molecule has 2 rings (SSSR count). The molecule has 3 N–H and O–H groups in total. The van der Waals surface area contributed by atoms with Crippen LogP contribution >= 0.6 is 0 Å². The maximum absolute atomic E-state index is 12.0. The Balaban J connectivity index is 2.41. The van der Waals surface area contributed by atoms with Crippen LogP contribution < -0.4 is 11.1 Å². The molecule has 1 atom stereocenters. The van der Waals surface area contributed by atoms with E-state index < -0.39 is 5.41 Å². The van der Waals surface area contributed by atoms with E-state index in [0.717, 1.165) is 17.7 Å². The average Bonchev–Trinajstić information content (AvgIpc) is 2.57. The summed E-state index contributed by atoms with van der Waals surface area (Å²) in [7, 11) is 0. The first kappa shape index (κ1) is 14.1. The predicted octanol–water partition coefficient (Wildman–Crippen LogP) is 3.00. The van der Waals surface area contributed by atoms with Crippen molar-refractivity contribution in [2.45, 2.75) is 45.4 Å². The highest BCUT2D eigenvalue weighted by molar-refractivity contribution is 6.05. The lowest BCUT2D eigenvalue weighted by atomic mass is 9.80. The number of carbonyl (C=O) groups is 1. The van der Waals surface area contributed by atoms with Crippen molar-refractivity contribution in [3.05, 3.63) is 29.3 Å². The van der Waals surface area contributed by atoms with E-state index in [9.17, 15) is 4.79 Å². The number of anilines is 1. The molecule has 104 valence electrons. The van der Waals surface area contributed by atoms with Gasteiger partial charge in [0.25, 0.3) is 0 Å². The fraction of sp³-hybridized carbons (Fsp3) is 0.562. The number of fused-ring (bicyclic) bond motifs is 1. The number of hydrogen-bond donors (Lipinski definition) is 2. The van der Waals surface area contributed by atoms with E-state index in [1.54, 1.807) is 0 Å². The van der Waals surface area contributed by atoms with Crippen molar-refractivity contribution >= 4 is 11.6 Å². The van der Waals surface area contributed by atoms with Crippen molar-refractivity contribution in [1.82, 2.24) is 0 Å². The van der Waals surface area contributed by atoms with Crippen LogP contribution in [0.1, 0.15) is 51.2 Å². The monoisotopic (exact) mass is 260 g/mol. The van der Waals surface area contributed by atoms with Gasteiger partial charge in [-0.05, 0) is 55.8 Å². The third-order valence-corrected chi connectivity index (χ3v) is 4.24. The fourth-order valence-electron chi connectivity index (χ4n) is 2.88. The third-order valence-electron chi connectivity index (χ3n) is 4.24. The standard InChI is InChI=1S/C16H24N2O/c1-10(2)12(7-8-17)11-5-6-14-13(9-11)16(3,4)15(19)18-14/h5-6,9-10,12H,7-8,17H2,1-4H3,(H,18,19). The van der Waals surface area contributed by atoms with Gasteiger partial charge < -0.3 is 11.1 Å². The Hall–Kier alpha value is -1.35. The van der Waals surface area contributed by atoms with Crippen LogP contribution in [0.4, 0.5) is 5.69 Å². The number of rotatable bonds is 4. The summed E-state index contributed by atoms with van der Waals surface area (Å²) in [6.45, 7) is 9.10. The molecule has 1 aliphatic rings. The van der Waals surface area contributed by atoms with Crippen LogP contribution in [-0.4, -0.2) is 12.5 Å². The van der Waals surface area contributed by atoms with E-state index in [1.165, 1.54) is 5.56 Å². The van der Waals surface area contributed by atoms with Crippen LogP contribution in [0.5, 0.6) is 0 Å². The van der Waals surface area contributed by atoms with Gasteiger partial charge in [-0.25, -0.2) is 0 Å². The normalized spacial score (nSPS) is 18.3. The van der Waals surface area contributed by atoms with Gasteiger partial charge in [0.2, 0.25) is 5.91 Å². The molecule has 0 fully saturated rings. The Morgan fingerprint density at radius 2 is 2.00 bits per heavy atom. The molecule has 0 saturated carbocycles. The minimum absolute atomic E-state index is 0.0829. The van der Waals surface area contributed by atoms with Crippen molar-refractivity contribution < 1.29 is 4.79 Å². The molecule has 19 heavy (non-hydrogen) atoms. The Labute approximate surface area is 115 Å². The first-order chi connectivity index (χ1) is 8.87. The van der Waals surface area contributed by atoms with Gasteiger partial charge in [-0.1, -0.05) is 26.0 Å². The molecule has 0 aromatic heterocycles. The quantitative estimate of drug-likeness (QED) is 0.874. The zero-order valence-electron chi connectivity index (χ0n) is 12.3. The molecule has 1 aromatic carbocycles. The number of hydrogen-bond acceptors (Lipinski definition) is 2. The molecule has 3 nitrogen and oxygen atoms in total. The summed E-state index contributed by atoms with van der Waals surface area (Å²) < 4.78 is 0. The number of amides is 1. The number of carbonyl (C=O) groups excluding carboxylic acids is 1. The van der Waals surface area contributed by atoms with Crippen molar-refractivity contribution in [3.63, 3.8) is 0 Å². The first-order valence-corrected chi connectivity index (χ1v) is 7.04. The molecule has 0 radical (unpaired) electrons. The number of benzene rings is 1. The lowest BCUT2D eigenvalue weighted by Gasteiger charge is -2.23. The first-order valence-electron chi connectivity index (χ1n) is 7.04. The van der Waals surface area contributed by atoms with E-state index in [2.05, 4.69) is 31.3 Å². The summed E-state index contributed by atoms with van der Waals surface area (Å²) in [6, 6.07) is 6.34. The van der Waals surface area contributed by atoms with Gasteiger partial charge in [0, 0.05) is 5.69 Å². The fourth-order valence-corrected chi connectivity index (χ4v) is 2.88. The van der Waals surface area contributed by atoms with Gasteiger partial charge in [-0.15, -0.1) is 0 Å². The molecule has 0 spiro atoms. The molecule has 1 amide bonds. The molecule has 1 aromatic rings. The van der Waals surface area contributed by atoms with Crippen molar-refractivity contribution in [2.75, 3.05) is 11.9 Å². The van der Waals surface area contributed by atoms with Crippen LogP contribution in [0, 0.1) is 5.92 Å². The van der Waals surface area contributed by atoms with Crippen LogP contribution in [0.25, 0.3) is 0 Å². The van der Waals surface area contributed by atoms with E-state index in [0.29, 0.717) is 18.4 Å². The van der Waals surface area contributed by atoms with Crippen LogP contribution in [-0.2, 0) is 10.2 Å². The van der Waals surface area contributed by atoms with Crippen molar-refractivity contribution in [1.29, 1.82) is 0 Å². The summed E-state index contributed by atoms with van der Waals surface area (Å²) in [6.07, 6.45) is 0.984. The van der Waals surface area contributed by atoms with Crippen molar-refractivity contribution in [2.24, 2.45) is 11.7 Å². The lowest BCUT2D eigenvalue weighted by molar-refractivity contribution is -0.119. The highest BCUT2D eigenvalue weighted by Crippen LogP contribution is 2.40. The summed E-state index contributed by atoms with van der Waals surface area (Å²) in [4.78, 5) is 12.0. The minimum Gasteiger partial charge on any atom is -0.330 e. The molecule has 0 aliphatic carbocycles. The smallest absolute Gasteiger partial charge is 0.234 e. The maximum Gasteiger partial charge on any atom is 0.234 e. The predicted molar refractivity (Wildman–Crippen MR) is 79.3 cm³/mol. The molecular weight excluding hydrogens is 236 g/mol. The summed E-state index contributed by atoms with van der Waals surface area (Å²) in [5.74, 6) is 1.09. The molecule has 3 heteroatoms. The van der Waals surface area contributed by atoms with Gasteiger partial charge >= 0.3 is 0 Å². The van der Waals surface area contributed by atoms with Gasteiger partial charge in [0.15, 0.2) is 0 Å². The Bertz CT molecular complexity index is 492. The van der Waals surface area contributed by atoms with Gasteiger partial charge in [0.05, 0.1) is 5.41 Å². The number of nitrogens with one attached hydrogen (secondary N) is 1. The Kier molecular flexibility index (Phi) is 3.68. The van der Waals surface area contributed by atoms with E-state index in [4.69, 9.17) is 5.73 Å². The highest BCUT2D eigenvalue weighted by Gasteiger charge is 2.38. The van der Waals surface area contributed by atoms with Crippen LogP contribution in [0.3, 0.4) is 0 Å². The SMILES string of the molecule is CC(C)C(CCN)c1ccc2c(c1)C(C)(C)C(=O)N2. The second-order valence-electron chi connectivity index (χ2n) is 6.31. The van der Waals surface area contributed by atoms with Gasteiger partial charge in [0.1, 0.15) is 0 Å². The second kappa shape index (κ2) is 4.97. The Morgan fingerprint density at radius 3 is 2.58 bits per heavy atom. The zero-order chi connectivity index (χ0) is 14.2. The molecule has 1 heterocycles. The van der Waals surface area contributed by atoms with E-state index >= 15 is 0 Å². The highest BCUT2D eigenvalue weighted by atomic mass is 16.2. The summed E-state index contributed by atoms with van der Waals surface area (Å²) >= 11 is 0. The van der Waals surface area contributed by atoms with E-state index in [1.807, 2.05) is 19.9 Å². The Morgan fingerprint density at radius 1 is 1.32 bits per heavy atom. The molecule has 0 bridgehead atoms. The zero-order valence-corrected chi connectivity index (χ0v) is 12.3. The molecular formula is C16H24N2O. The maximum atomic E-state index is 12.0. The molecule has 1 unspecified atom stereocenters. The average molecular weight is 260 g/mol. The van der Waals surface area contributed by atoms with Crippen LogP contribution in [0.15, 0.2) is 18.2 Å². The lowest BCUT2D eigenvalue weighted by Crippen LogP contribution is -2.27. The largest absolute Gasteiger partial charge is 0.330 e. The van der Waals surface area contributed by atoms with Gasteiger partial charge in [-0.3, -0.25) is 4.79 Å². The van der Waals surface area contributed by atoms with Crippen LogP contribution in [0.2, 0.25) is 0 Å². The number of nitrogens with two attached hydrogens (primary N) is 1. The molecule has 1 aliphatic heterocycles. The second-order valence-corrected chi connectivity index (χ2v) is 6.31. The third kappa shape index (κ3) is 2.39. The van der Waals surface area contributed by atoms with E-state index in [-0.39, 0.29) is 5.91 Å². The van der Waals surface area contributed by atoms with Crippen molar-refractivity contribution in [3.8, 4) is 0 Å². The summed E-state index contributed by atoms with van der Waals surface area (Å²) in [5.41, 5.74) is 8.65. The molecule has 0 saturated heterocycles. The van der Waals surface area contributed by atoms with Gasteiger partial charge in [-0.2, -0.15) is 0 Å². The minimum atomic E-state index is -0.435. The summed E-state index contributed by atoms with van der Waals surface area (Å²) in [5, 5.41) is 2.95.